The van der Waals surface area contributed by atoms with E-state index < -0.39 is 6.09 Å². The van der Waals surface area contributed by atoms with Gasteiger partial charge in [0.1, 0.15) is 17.5 Å². The fraction of sp³-hybridized carbons (Fsp3) is 0.150. The molecule has 3 aromatic rings. The van der Waals surface area contributed by atoms with Gasteiger partial charge in [0, 0.05) is 19.2 Å². The quantitative estimate of drug-likeness (QED) is 0.707. The number of rotatable bonds is 3. The first-order valence-corrected chi connectivity index (χ1v) is 8.87. The maximum Gasteiger partial charge on any atom is 0.414 e. The van der Waals surface area contributed by atoms with Crippen molar-refractivity contribution >= 4 is 34.4 Å². The summed E-state index contributed by atoms with van der Waals surface area (Å²) in [5, 5.41) is 14.4. The Kier molecular flexibility index (Phi) is 4.86. The topological polar surface area (TPSA) is 101 Å². The van der Waals surface area contributed by atoms with Crippen molar-refractivity contribution in [2.45, 2.75) is 13.3 Å². The van der Waals surface area contributed by atoms with Gasteiger partial charge in [0.2, 0.25) is 0 Å². The molecule has 1 aliphatic heterocycles. The summed E-state index contributed by atoms with van der Waals surface area (Å²) in [5.41, 5.74) is 3.02. The number of halogens is 1. The molecule has 0 spiro atoms. The Morgan fingerprint density at radius 3 is 2.59 bits per heavy atom. The summed E-state index contributed by atoms with van der Waals surface area (Å²) >= 11 is 0. The molecule has 1 amide bonds. The monoisotopic (exact) mass is 392 g/mol. The molecule has 0 saturated carbocycles. The third-order valence-corrected chi connectivity index (χ3v) is 4.27. The molecule has 1 aliphatic rings. The lowest BCUT2D eigenvalue weighted by molar-refractivity contribution is 0.199. The van der Waals surface area contributed by atoms with Crippen LogP contribution in [0.5, 0.6) is 6.01 Å². The minimum atomic E-state index is -0.678. The van der Waals surface area contributed by atoms with Crippen LogP contribution in [0.3, 0.4) is 0 Å². The molecular formula is C20H17FN6O2. The number of amidine groups is 1. The van der Waals surface area contributed by atoms with E-state index in [-0.39, 0.29) is 11.8 Å². The Balaban J connectivity index is 1.86. The van der Waals surface area contributed by atoms with Crippen molar-refractivity contribution in [2.75, 3.05) is 12.4 Å². The van der Waals surface area contributed by atoms with Crippen molar-refractivity contribution < 1.29 is 13.9 Å². The summed E-state index contributed by atoms with van der Waals surface area (Å²) in [6, 6.07) is 11.5. The van der Waals surface area contributed by atoms with Gasteiger partial charge >= 0.3 is 12.1 Å². The van der Waals surface area contributed by atoms with Crippen molar-refractivity contribution in [1.82, 2.24) is 15.3 Å². The lowest BCUT2D eigenvalue weighted by Crippen LogP contribution is -2.23. The van der Waals surface area contributed by atoms with Crippen molar-refractivity contribution in [3.8, 4) is 17.1 Å². The Bertz CT molecular complexity index is 1160. The second-order valence-electron chi connectivity index (χ2n) is 6.38. The fourth-order valence-electron chi connectivity index (χ4n) is 2.97. The Morgan fingerprint density at radius 2 is 1.90 bits per heavy atom. The molecule has 2 aromatic carbocycles. The number of nitrogens with zero attached hydrogens (tertiary/aromatic N) is 4. The summed E-state index contributed by atoms with van der Waals surface area (Å²) in [5.74, 6) is 0.706. The molecule has 0 saturated heterocycles. The van der Waals surface area contributed by atoms with Crippen LogP contribution in [0.15, 0.2) is 52.7 Å². The zero-order valence-electron chi connectivity index (χ0n) is 15.7. The largest absolute Gasteiger partial charge is 0.414 e. The molecule has 0 fully saturated rings. The van der Waals surface area contributed by atoms with Gasteiger partial charge in [0.25, 0.3) is 0 Å². The maximum absolute atomic E-state index is 13.4. The smallest absolute Gasteiger partial charge is 0.374 e. The SMILES string of the molecule is CNC(=O)Oc1nc(NC2=NN=C(C)C2)c2c(-c3ccc(F)cc3)cccc2n1. The minimum Gasteiger partial charge on any atom is -0.374 e. The molecule has 0 radical (unpaired) electrons. The predicted molar refractivity (Wildman–Crippen MR) is 109 cm³/mol. The van der Waals surface area contributed by atoms with E-state index in [0.29, 0.717) is 29.0 Å². The lowest BCUT2D eigenvalue weighted by atomic mass is 10.0. The van der Waals surface area contributed by atoms with Crippen molar-refractivity contribution in [3.05, 3.63) is 48.3 Å². The van der Waals surface area contributed by atoms with Gasteiger partial charge < -0.3 is 15.4 Å². The van der Waals surface area contributed by atoms with Crippen LogP contribution in [0.1, 0.15) is 13.3 Å². The van der Waals surface area contributed by atoms with E-state index in [9.17, 15) is 9.18 Å². The van der Waals surface area contributed by atoms with E-state index in [1.54, 1.807) is 18.2 Å². The molecule has 2 heterocycles. The molecule has 0 aliphatic carbocycles. The molecular weight excluding hydrogens is 375 g/mol. The molecule has 146 valence electrons. The van der Waals surface area contributed by atoms with Crippen molar-refractivity contribution in [1.29, 1.82) is 0 Å². The highest BCUT2D eigenvalue weighted by Gasteiger charge is 2.18. The number of hydrogen-bond acceptors (Lipinski definition) is 7. The molecule has 0 bridgehead atoms. The number of aromatic nitrogens is 2. The fourth-order valence-corrected chi connectivity index (χ4v) is 2.97. The number of benzene rings is 2. The van der Waals surface area contributed by atoms with Crippen LogP contribution < -0.4 is 15.4 Å². The second-order valence-corrected chi connectivity index (χ2v) is 6.38. The van der Waals surface area contributed by atoms with Crippen LogP contribution in [0.4, 0.5) is 15.0 Å². The van der Waals surface area contributed by atoms with Crippen LogP contribution in [0, 0.1) is 5.82 Å². The number of ether oxygens (including phenoxy) is 1. The normalized spacial score (nSPS) is 13.1. The van der Waals surface area contributed by atoms with Crippen LogP contribution in [-0.4, -0.2) is 34.7 Å². The van der Waals surface area contributed by atoms with Gasteiger partial charge in [-0.1, -0.05) is 24.3 Å². The first-order valence-electron chi connectivity index (χ1n) is 8.87. The van der Waals surface area contributed by atoms with Gasteiger partial charge in [0.05, 0.1) is 10.9 Å². The third-order valence-electron chi connectivity index (χ3n) is 4.27. The number of amides is 1. The zero-order valence-corrected chi connectivity index (χ0v) is 15.7. The van der Waals surface area contributed by atoms with E-state index >= 15 is 0 Å². The van der Waals surface area contributed by atoms with Crippen LogP contribution in [0.2, 0.25) is 0 Å². The van der Waals surface area contributed by atoms with Gasteiger partial charge in [0.15, 0.2) is 0 Å². The number of anilines is 1. The average Bonchev–Trinajstić information content (AvgIpc) is 3.12. The van der Waals surface area contributed by atoms with Gasteiger partial charge in [-0.05, 0) is 36.2 Å². The van der Waals surface area contributed by atoms with Crippen LogP contribution >= 0.6 is 0 Å². The molecule has 1 aromatic heterocycles. The van der Waals surface area contributed by atoms with Crippen molar-refractivity contribution in [3.63, 3.8) is 0 Å². The first-order chi connectivity index (χ1) is 14.0. The van der Waals surface area contributed by atoms with E-state index in [4.69, 9.17) is 4.74 Å². The highest BCUT2D eigenvalue weighted by atomic mass is 19.1. The number of carbonyl (C=O) groups excluding carboxylic acids is 1. The Labute approximate surface area is 165 Å². The van der Waals surface area contributed by atoms with E-state index in [1.165, 1.54) is 19.2 Å². The number of fused-ring (bicyclic) bond motifs is 1. The third kappa shape index (κ3) is 3.88. The van der Waals surface area contributed by atoms with E-state index in [1.807, 2.05) is 19.1 Å². The summed E-state index contributed by atoms with van der Waals surface area (Å²) in [6.07, 6.45) is -0.127. The summed E-state index contributed by atoms with van der Waals surface area (Å²) in [6.45, 7) is 1.88. The van der Waals surface area contributed by atoms with Crippen LogP contribution in [-0.2, 0) is 0 Å². The number of carbonyl (C=O) groups is 1. The van der Waals surface area contributed by atoms with Crippen molar-refractivity contribution in [2.24, 2.45) is 10.2 Å². The zero-order chi connectivity index (χ0) is 20.4. The summed E-state index contributed by atoms with van der Waals surface area (Å²) in [7, 11) is 1.45. The predicted octanol–water partition coefficient (Wildman–Crippen LogP) is 3.74. The summed E-state index contributed by atoms with van der Waals surface area (Å²) < 4.78 is 18.5. The molecule has 2 N–H and O–H groups in total. The maximum atomic E-state index is 13.4. The minimum absolute atomic E-state index is 0.105. The van der Waals surface area contributed by atoms with Gasteiger partial charge in [-0.3, -0.25) is 0 Å². The van der Waals surface area contributed by atoms with E-state index in [0.717, 1.165) is 16.8 Å². The molecule has 0 atom stereocenters. The van der Waals surface area contributed by atoms with Gasteiger partial charge in [-0.2, -0.15) is 15.1 Å². The summed E-state index contributed by atoms with van der Waals surface area (Å²) in [4.78, 5) is 20.3. The Hall–Kier alpha value is -3.88. The Morgan fingerprint density at radius 1 is 1.10 bits per heavy atom. The van der Waals surface area contributed by atoms with Gasteiger partial charge in [-0.15, -0.1) is 5.10 Å². The highest BCUT2D eigenvalue weighted by Crippen LogP contribution is 2.34. The molecule has 4 rings (SSSR count). The molecule has 29 heavy (non-hydrogen) atoms. The lowest BCUT2D eigenvalue weighted by Gasteiger charge is -2.13. The second kappa shape index (κ2) is 7.63. The average molecular weight is 392 g/mol. The molecule has 8 nitrogen and oxygen atoms in total. The van der Waals surface area contributed by atoms with Crippen LogP contribution in [0.25, 0.3) is 22.0 Å². The standard InChI is InChI=1S/C20H17FN6O2/c1-11-10-16(27-26-11)24-18-17-14(12-6-8-13(21)9-7-12)4-3-5-15(17)23-19(25-18)29-20(28)22-2/h3-9H,10H2,1-2H3,(H,22,28)(H,23,24,25,27). The molecule has 0 unspecified atom stereocenters. The van der Waals surface area contributed by atoms with E-state index in [2.05, 4.69) is 30.8 Å². The van der Waals surface area contributed by atoms with Gasteiger partial charge in [-0.25, -0.2) is 9.18 Å². The number of hydrogen-bond donors (Lipinski definition) is 2. The highest BCUT2D eigenvalue weighted by molar-refractivity contribution is 6.14. The number of nitrogens with one attached hydrogen (secondary N) is 2. The molecule has 9 heteroatoms. The first kappa shape index (κ1) is 18.5.